The summed E-state index contributed by atoms with van der Waals surface area (Å²) < 4.78 is 29.5. The maximum absolute atomic E-state index is 15.0. The maximum Gasteiger partial charge on any atom is 0.303 e. The number of rotatable bonds is 3. The Morgan fingerprint density at radius 1 is 0.976 bits per heavy atom. The molecule has 3 heterocycles. The van der Waals surface area contributed by atoms with Gasteiger partial charge in [0, 0.05) is 42.9 Å². The van der Waals surface area contributed by atoms with Gasteiger partial charge in [-0.3, -0.25) is 14.4 Å². The van der Waals surface area contributed by atoms with Gasteiger partial charge in [-0.05, 0) is 30.4 Å². The zero-order chi connectivity index (χ0) is 29.5. The van der Waals surface area contributed by atoms with Crippen molar-refractivity contribution in [3.63, 3.8) is 0 Å². The molecule has 2 saturated heterocycles. The van der Waals surface area contributed by atoms with Crippen molar-refractivity contribution >= 4 is 17.7 Å². The molecular formula is C30H38O11. The van der Waals surface area contributed by atoms with Crippen LogP contribution in [-0.4, -0.2) is 82.1 Å². The molecule has 11 heteroatoms. The molecule has 224 valence electrons. The fourth-order valence-electron chi connectivity index (χ4n) is 11.0. The van der Waals surface area contributed by atoms with E-state index < -0.39 is 87.5 Å². The molecule has 4 saturated carbocycles. The Hall–Kier alpha value is -2.31. The Labute approximate surface area is 237 Å². The van der Waals surface area contributed by atoms with Crippen molar-refractivity contribution in [2.45, 2.75) is 102 Å². The number of hydrogen-bond donors (Lipinski definition) is 3. The molecule has 7 rings (SSSR count). The van der Waals surface area contributed by atoms with E-state index in [4.69, 9.17) is 23.4 Å². The molecule has 6 fully saturated rings. The first-order chi connectivity index (χ1) is 19.2. The van der Waals surface area contributed by atoms with Gasteiger partial charge in [0.25, 0.3) is 0 Å². The van der Waals surface area contributed by atoms with E-state index in [-0.39, 0.29) is 31.5 Å². The lowest BCUT2D eigenvalue weighted by Crippen LogP contribution is -2.82. The number of epoxide rings is 1. The van der Waals surface area contributed by atoms with Crippen LogP contribution in [0.1, 0.15) is 65.4 Å². The highest BCUT2D eigenvalue weighted by Crippen LogP contribution is 2.82. The van der Waals surface area contributed by atoms with Crippen molar-refractivity contribution in [3.05, 3.63) is 24.2 Å². The number of aliphatic hydroxyl groups excluding tert-OH is 3. The fourth-order valence-corrected chi connectivity index (χ4v) is 11.0. The van der Waals surface area contributed by atoms with Gasteiger partial charge >= 0.3 is 11.9 Å². The number of hydrogen-bond acceptors (Lipinski definition) is 11. The van der Waals surface area contributed by atoms with Gasteiger partial charge in [-0.25, -0.2) is 0 Å². The Balaban J connectivity index is 1.44. The quantitative estimate of drug-likeness (QED) is 0.354. The molecule has 4 aliphatic carbocycles. The summed E-state index contributed by atoms with van der Waals surface area (Å²) in [4.78, 5) is 39.7. The summed E-state index contributed by atoms with van der Waals surface area (Å²) in [7, 11) is 0. The molecule has 2 bridgehead atoms. The minimum absolute atomic E-state index is 0.0205. The van der Waals surface area contributed by atoms with Crippen LogP contribution < -0.4 is 0 Å². The van der Waals surface area contributed by atoms with Crippen LogP contribution in [0.15, 0.2) is 23.0 Å². The van der Waals surface area contributed by atoms with E-state index in [0.717, 1.165) is 5.56 Å². The normalized spacial score (nSPS) is 54.7. The first-order valence-corrected chi connectivity index (χ1v) is 14.5. The minimum atomic E-state index is -1.36. The number of furan rings is 1. The fraction of sp³-hybridized carbons (Fsp3) is 0.767. The SMILES string of the molecule is CC(=O)O[C@@H]1C[C@H](O)[C@@]23COC(O)C1(C)C2C[C@@H](O)C1(C)[C@@H]3C(=O)[C@H](OC(C)=O)C2(C)[C@H](c3ccoc3)C[C@H]3O[C@]321. The van der Waals surface area contributed by atoms with Gasteiger partial charge in [0.1, 0.15) is 11.7 Å². The maximum atomic E-state index is 15.0. The van der Waals surface area contributed by atoms with Gasteiger partial charge in [0.15, 0.2) is 18.2 Å². The summed E-state index contributed by atoms with van der Waals surface area (Å²) in [6.45, 7) is 7.85. The highest BCUT2D eigenvalue weighted by molar-refractivity contribution is 5.93. The van der Waals surface area contributed by atoms with Crippen LogP contribution in [0.25, 0.3) is 0 Å². The molecular weight excluding hydrogens is 536 g/mol. The standard InChI is InChI=1S/C30H38O11/c1-13(31)39-20-10-19(34)29-12-38-25(36)26(20,3)17(29)9-18(33)28(5)23(29)22(35)24(40-14(2)32)27(4)16(15-6-7-37-11-15)8-21-30(27,28)41-21/h6-7,11,16-21,23-25,33-34,36H,8-10,12H2,1-5H3/t16-,17?,18+,19-,20+,21+,23-,24-,25?,26?,27?,28?,29+,30+/m0/s1. The number of esters is 2. The zero-order valence-corrected chi connectivity index (χ0v) is 23.9. The molecule has 1 aromatic heterocycles. The molecule has 2 aliphatic heterocycles. The second kappa shape index (κ2) is 8.19. The van der Waals surface area contributed by atoms with Crippen molar-refractivity contribution < 1.29 is 53.1 Å². The second-order valence-electron chi connectivity index (χ2n) is 13.9. The lowest BCUT2D eigenvalue weighted by Gasteiger charge is -2.73. The van der Waals surface area contributed by atoms with Crippen molar-refractivity contribution in [2.24, 2.45) is 33.5 Å². The number of aliphatic hydroxyl groups is 3. The average Bonchev–Trinajstić information content (AvgIpc) is 3.26. The van der Waals surface area contributed by atoms with Crippen molar-refractivity contribution in [1.29, 1.82) is 0 Å². The summed E-state index contributed by atoms with van der Waals surface area (Å²) in [5.41, 5.74) is -4.93. The van der Waals surface area contributed by atoms with Crippen LogP contribution >= 0.6 is 0 Å². The van der Waals surface area contributed by atoms with Crippen molar-refractivity contribution in [2.75, 3.05) is 6.61 Å². The molecule has 1 aromatic rings. The largest absolute Gasteiger partial charge is 0.472 e. The van der Waals surface area contributed by atoms with E-state index in [1.165, 1.54) is 13.8 Å². The molecule has 1 spiro atoms. The summed E-state index contributed by atoms with van der Waals surface area (Å²) in [5, 5.41) is 35.4. The molecule has 3 N–H and O–H groups in total. The van der Waals surface area contributed by atoms with Gasteiger partial charge < -0.3 is 38.7 Å². The summed E-state index contributed by atoms with van der Waals surface area (Å²) in [6, 6.07) is 1.84. The molecule has 5 unspecified atom stereocenters. The monoisotopic (exact) mass is 574 g/mol. The molecule has 11 nitrogen and oxygen atoms in total. The predicted molar refractivity (Wildman–Crippen MR) is 137 cm³/mol. The van der Waals surface area contributed by atoms with Crippen molar-refractivity contribution in [1.82, 2.24) is 0 Å². The third-order valence-electron chi connectivity index (χ3n) is 12.6. The van der Waals surface area contributed by atoms with Gasteiger partial charge in [0.2, 0.25) is 0 Å². The highest BCUT2D eigenvalue weighted by Gasteiger charge is 2.92. The number of ether oxygens (including phenoxy) is 4. The first kappa shape index (κ1) is 27.5. The molecule has 0 amide bonds. The lowest BCUT2D eigenvalue weighted by molar-refractivity contribution is -0.373. The molecule has 41 heavy (non-hydrogen) atoms. The second-order valence-corrected chi connectivity index (χ2v) is 13.9. The number of carbonyl (C=O) groups is 3. The molecule has 6 aliphatic rings. The van der Waals surface area contributed by atoms with E-state index in [9.17, 15) is 24.9 Å². The summed E-state index contributed by atoms with van der Waals surface area (Å²) in [6.07, 6.45) is -2.27. The Morgan fingerprint density at radius 3 is 2.32 bits per heavy atom. The predicted octanol–water partition coefficient (Wildman–Crippen LogP) is 1.47. The minimum Gasteiger partial charge on any atom is -0.472 e. The van der Waals surface area contributed by atoms with Crippen LogP contribution in [0.3, 0.4) is 0 Å². The Morgan fingerprint density at radius 2 is 1.68 bits per heavy atom. The topological polar surface area (TPSA) is 165 Å². The van der Waals surface area contributed by atoms with Crippen LogP contribution in [0, 0.1) is 33.5 Å². The molecule has 14 atom stereocenters. The summed E-state index contributed by atoms with van der Waals surface area (Å²) in [5.74, 6) is -3.56. The van der Waals surface area contributed by atoms with Gasteiger partial charge in [-0.15, -0.1) is 0 Å². The smallest absolute Gasteiger partial charge is 0.303 e. The van der Waals surface area contributed by atoms with Crippen LogP contribution in [-0.2, 0) is 33.3 Å². The Bertz CT molecular complexity index is 1310. The van der Waals surface area contributed by atoms with E-state index in [1.54, 1.807) is 19.5 Å². The van der Waals surface area contributed by atoms with Crippen molar-refractivity contribution in [3.8, 4) is 0 Å². The van der Waals surface area contributed by atoms with Crippen LogP contribution in [0.5, 0.6) is 0 Å². The lowest BCUT2D eigenvalue weighted by atomic mass is 9.33. The first-order valence-electron chi connectivity index (χ1n) is 14.5. The van der Waals surface area contributed by atoms with Crippen LogP contribution in [0.4, 0.5) is 0 Å². The summed E-state index contributed by atoms with van der Waals surface area (Å²) >= 11 is 0. The van der Waals surface area contributed by atoms with E-state index in [1.807, 2.05) is 19.9 Å². The van der Waals surface area contributed by atoms with E-state index in [2.05, 4.69) is 0 Å². The zero-order valence-electron chi connectivity index (χ0n) is 23.9. The number of ketones is 1. The number of carbonyl (C=O) groups excluding carboxylic acids is 3. The average molecular weight is 575 g/mol. The number of fused-ring (bicyclic) bond motifs is 1. The third-order valence-corrected chi connectivity index (χ3v) is 12.6. The van der Waals surface area contributed by atoms with Gasteiger partial charge in [0.05, 0.1) is 48.3 Å². The highest BCUT2D eigenvalue weighted by atomic mass is 16.6. The number of Topliss-reactive ketones (excluding diaryl/α,β-unsaturated/α-hetero) is 1. The molecule has 0 aromatic carbocycles. The molecule has 0 radical (unpaired) electrons. The third kappa shape index (κ3) is 2.85. The van der Waals surface area contributed by atoms with E-state index in [0.29, 0.717) is 6.42 Å². The van der Waals surface area contributed by atoms with Gasteiger partial charge in [-0.2, -0.15) is 0 Å². The van der Waals surface area contributed by atoms with Gasteiger partial charge in [-0.1, -0.05) is 20.8 Å². The van der Waals surface area contributed by atoms with Crippen LogP contribution in [0.2, 0.25) is 0 Å². The van der Waals surface area contributed by atoms with E-state index >= 15 is 4.79 Å². The Kier molecular flexibility index (Phi) is 5.50.